The highest BCUT2D eigenvalue weighted by Crippen LogP contribution is 2.27. The summed E-state index contributed by atoms with van der Waals surface area (Å²) in [4.78, 5) is 12.1. The van der Waals surface area contributed by atoms with E-state index < -0.39 is 0 Å². The molecule has 0 atom stereocenters. The molecule has 3 heterocycles. The fourth-order valence-electron chi connectivity index (χ4n) is 3.27. The summed E-state index contributed by atoms with van der Waals surface area (Å²) < 4.78 is 0. The molecule has 0 bridgehead atoms. The number of fused-ring (bicyclic) bond motifs is 1. The van der Waals surface area contributed by atoms with Crippen molar-refractivity contribution in [3.63, 3.8) is 0 Å². The van der Waals surface area contributed by atoms with Gasteiger partial charge >= 0.3 is 0 Å². The summed E-state index contributed by atoms with van der Waals surface area (Å²) in [7, 11) is 0. The normalized spacial score (nSPS) is 11.9. The Hall–Kier alpha value is -2.57. The van der Waals surface area contributed by atoms with Crippen molar-refractivity contribution >= 4 is 16.7 Å². The molecule has 0 unspecified atom stereocenters. The number of aromatic amines is 1. The van der Waals surface area contributed by atoms with Crippen LogP contribution in [-0.4, -0.2) is 33.8 Å². The lowest BCUT2D eigenvalue weighted by molar-refractivity contribution is 0.574. The van der Waals surface area contributed by atoms with Crippen molar-refractivity contribution in [2.24, 2.45) is 5.73 Å². The molecule has 3 rings (SSSR count). The van der Waals surface area contributed by atoms with E-state index in [-0.39, 0.29) is 5.41 Å². The minimum Gasteiger partial charge on any atom is -0.343 e. The molecule has 0 amide bonds. The van der Waals surface area contributed by atoms with Crippen LogP contribution in [0.4, 0.5) is 0 Å². The van der Waals surface area contributed by atoms with Crippen LogP contribution in [0.5, 0.6) is 0 Å². The second-order valence-corrected chi connectivity index (χ2v) is 8.14. The number of nitrogens with zero attached hydrogens (tertiary/aromatic N) is 2. The molecule has 6 heteroatoms. The van der Waals surface area contributed by atoms with Crippen LogP contribution in [0.25, 0.3) is 11.0 Å². The van der Waals surface area contributed by atoms with Crippen LogP contribution >= 0.6 is 0 Å². The minimum absolute atomic E-state index is 0.0152. The Morgan fingerprint density at radius 2 is 2.04 bits per heavy atom. The number of aryl methyl sites for hydroxylation is 1. The van der Waals surface area contributed by atoms with Gasteiger partial charge in [-0.1, -0.05) is 20.8 Å². The first-order chi connectivity index (χ1) is 13.4. The number of aromatic nitrogens is 3. The lowest BCUT2D eigenvalue weighted by Gasteiger charge is -2.15. The smallest absolute Gasteiger partial charge is 0.138 e. The predicted octanol–water partition coefficient (Wildman–Crippen LogP) is 3.30. The van der Waals surface area contributed by atoms with E-state index >= 15 is 0 Å². The lowest BCUT2D eigenvalue weighted by Crippen LogP contribution is -2.22. The molecule has 6 nitrogen and oxygen atoms in total. The third-order valence-corrected chi connectivity index (χ3v) is 4.95. The van der Waals surface area contributed by atoms with Gasteiger partial charge in [-0.25, -0.2) is 4.98 Å². The monoisotopic (exact) mass is 378 g/mol. The third-order valence-electron chi connectivity index (χ3n) is 4.95. The van der Waals surface area contributed by atoms with Crippen LogP contribution in [0.15, 0.2) is 36.8 Å². The second kappa shape index (κ2) is 8.63. The summed E-state index contributed by atoms with van der Waals surface area (Å²) >= 11 is 0. The number of hydrogen-bond acceptors (Lipinski definition) is 5. The summed E-state index contributed by atoms with van der Waals surface area (Å²) in [5.41, 5.74) is 11.5. The van der Waals surface area contributed by atoms with Crippen LogP contribution in [0, 0.1) is 5.41 Å². The van der Waals surface area contributed by atoms with Gasteiger partial charge in [-0.3, -0.25) is 4.98 Å². The number of nitrogens with one attached hydrogen (secondary N) is 3. The molecule has 0 radical (unpaired) electrons. The van der Waals surface area contributed by atoms with Gasteiger partial charge in [0.15, 0.2) is 0 Å². The quantitative estimate of drug-likeness (QED) is 0.357. The van der Waals surface area contributed by atoms with E-state index in [0.717, 1.165) is 41.8 Å². The molecule has 0 saturated heterocycles. The van der Waals surface area contributed by atoms with E-state index in [1.807, 2.05) is 24.5 Å². The first kappa shape index (κ1) is 20.2. The molecule has 28 heavy (non-hydrogen) atoms. The van der Waals surface area contributed by atoms with E-state index in [9.17, 15) is 0 Å². The highest BCUT2D eigenvalue weighted by Gasteiger charge is 2.19. The minimum atomic E-state index is 0.0152. The van der Waals surface area contributed by atoms with Crippen molar-refractivity contribution in [1.82, 2.24) is 20.3 Å². The van der Waals surface area contributed by atoms with E-state index in [0.29, 0.717) is 18.7 Å². The molecule has 0 aliphatic heterocycles. The topological polar surface area (TPSA) is 103 Å². The summed E-state index contributed by atoms with van der Waals surface area (Å²) in [6, 6.07) is 6.12. The third kappa shape index (κ3) is 4.64. The Bertz CT molecular complexity index is 951. The molecule has 0 fully saturated rings. The average Bonchev–Trinajstić information content (AvgIpc) is 3.12. The van der Waals surface area contributed by atoms with Crippen molar-refractivity contribution in [3.05, 3.63) is 59.2 Å². The van der Waals surface area contributed by atoms with Gasteiger partial charge in [-0.2, -0.15) is 0 Å². The maximum atomic E-state index is 8.67. The molecule has 5 N–H and O–H groups in total. The highest BCUT2D eigenvalue weighted by atomic mass is 14.9. The van der Waals surface area contributed by atoms with E-state index in [1.165, 1.54) is 11.1 Å². The van der Waals surface area contributed by atoms with E-state index in [2.05, 4.69) is 47.1 Å². The summed E-state index contributed by atoms with van der Waals surface area (Å²) in [6.07, 6.45) is 6.94. The van der Waals surface area contributed by atoms with Gasteiger partial charge in [0.25, 0.3) is 0 Å². The zero-order valence-electron chi connectivity index (χ0n) is 17.0. The van der Waals surface area contributed by atoms with E-state index in [4.69, 9.17) is 11.1 Å². The van der Waals surface area contributed by atoms with Crippen LogP contribution in [0.3, 0.4) is 0 Å². The molecule has 3 aromatic rings. The number of hydrogen-bond donors (Lipinski definition) is 4. The van der Waals surface area contributed by atoms with Crippen LogP contribution in [0.1, 0.15) is 49.6 Å². The van der Waals surface area contributed by atoms with Gasteiger partial charge in [-0.15, -0.1) is 0 Å². The van der Waals surface area contributed by atoms with Crippen molar-refractivity contribution in [2.45, 2.75) is 45.6 Å². The van der Waals surface area contributed by atoms with Gasteiger partial charge in [0.05, 0.1) is 0 Å². The maximum absolute atomic E-state index is 8.67. The van der Waals surface area contributed by atoms with Crippen molar-refractivity contribution < 1.29 is 0 Å². The Kier molecular flexibility index (Phi) is 6.21. The molecule has 0 spiro atoms. The second-order valence-electron chi connectivity index (χ2n) is 8.14. The predicted molar refractivity (Wildman–Crippen MR) is 115 cm³/mol. The molecule has 0 saturated carbocycles. The van der Waals surface area contributed by atoms with Gasteiger partial charge < -0.3 is 21.4 Å². The fraction of sp³-hybridized carbons (Fsp3) is 0.409. The Morgan fingerprint density at radius 1 is 1.21 bits per heavy atom. The van der Waals surface area contributed by atoms with Crippen LogP contribution in [0.2, 0.25) is 0 Å². The van der Waals surface area contributed by atoms with Gasteiger partial charge in [0, 0.05) is 66.0 Å². The maximum Gasteiger partial charge on any atom is 0.138 e. The first-order valence-electron chi connectivity index (χ1n) is 9.78. The van der Waals surface area contributed by atoms with Crippen LogP contribution in [-0.2, 0) is 18.4 Å². The average molecular weight is 379 g/mol. The van der Waals surface area contributed by atoms with Gasteiger partial charge in [0.1, 0.15) is 5.65 Å². The van der Waals surface area contributed by atoms with Gasteiger partial charge in [0.2, 0.25) is 0 Å². The fourth-order valence-corrected chi connectivity index (χ4v) is 3.27. The molecule has 0 aliphatic rings. The zero-order chi connectivity index (χ0) is 20.1. The molecule has 3 aromatic heterocycles. The number of rotatable bonds is 8. The Labute approximate surface area is 166 Å². The summed E-state index contributed by atoms with van der Waals surface area (Å²) in [5, 5.41) is 13.0. The summed E-state index contributed by atoms with van der Waals surface area (Å²) in [5.74, 6) is 0. The first-order valence-corrected chi connectivity index (χ1v) is 9.78. The summed E-state index contributed by atoms with van der Waals surface area (Å²) in [6.45, 7) is 8.70. The molecule has 0 aromatic carbocycles. The zero-order valence-corrected chi connectivity index (χ0v) is 17.0. The van der Waals surface area contributed by atoms with Crippen molar-refractivity contribution in [1.29, 1.82) is 5.41 Å². The van der Waals surface area contributed by atoms with Crippen molar-refractivity contribution in [2.75, 3.05) is 13.1 Å². The molecular weight excluding hydrogens is 348 g/mol. The number of nitrogens with two attached hydrogens (primary N) is 1. The Morgan fingerprint density at radius 3 is 2.79 bits per heavy atom. The SMILES string of the molecule is CC(C)(C)c1cc2c(C(=N)CCc3cnccc3CNCCN)ccnc2[nH]1. The van der Waals surface area contributed by atoms with Crippen molar-refractivity contribution in [3.8, 4) is 0 Å². The Balaban J connectivity index is 1.77. The van der Waals surface area contributed by atoms with Crippen LogP contribution < -0.4 is 11.1 Å². The number of pyridine rings is 2. The van der Waals surface area contributed by atoms with E-state index in [1.54, 1.807) is 6.20 Å². The molecule has 0 aliphatic carbocycles. The molecule has 148 valence electrons. The molecular formula is C22H30N6. The van der Waals surface area contributed by atoms with Gasteiger partial charge in [-0.05, 0) is 42.2 Å². The lowest BCUT2D eigenvalue weighted by atomic mass is 9.92. The largest absolute Gasteiger partial charge is 0.343 e. The highest BCUT2D eigenvalue weighted by molar-refractivity contribution is 6.08. The number of H-pyrrole nitrogens is 1. The standard InChI is InChI=1S/C22H30N6/c1-22(2,3)20-12-18-17(7-10-27-21(18)28-20)19(24)5-4-15-13-25-9-6-16(15)14-26-11-8-23/h6-7,9-10,12-13,24,26H,4-5,8,11,14,23H2,1-3H3,(H,27,28).